The second-order valence-corrected chi connectivity index (χ2v) is 6.09. The highest BCUT2D eigenvalue weighted by Gasteiger charge is 2.17. The first-order valence-electron chi connectivity index (χ1n) is 7.77. The van der Waals surface area contributed by atoms with Gasteiger partial charge in [0.05, 0.1) is 13.2 Å². The lowest BCUT2D eigenvalue weighted by Gasteiger charge is -2.15. The highest BCUT2D eigenvalue weighted by Crippen LogP contribution is 2.22. The normalized spacial score (nSPS) is 17.1. The lowest BCUT2D eigenvalue weighted by atomic mass is 10.1. The molecule has 0 saturated carbocycles. The Labute approximate surface area is 132 Å². The first kappa shape index (κ1) is 16.6. The first-order valence-corrected chi connectivity index (χ1v) is 7.77. The fourth-order valence-electron chi connectivity index (χ4n) is 2.36. The van der Waals surface area contributed by atoms with Crippen LogP contribution in [-0.4, -0.2) is 25.7 Å². The van der Waals surface area contributed by atoms with E-state index < -0.39 is 0 Å². The topological polar surface area (TPSA) is 47.6 Å². The fraction of sp³-hybridized carbons (Fsp3) is 0.500. The smallest absolute Gasteiger partial charge is 0.244 e. The number of amides is 1. The Morgan fingerprint density at radius 2 is 2.27 bits per heavy atom. The van der Waals surface area contributed by atoms with Crippen molar-refractivity contribution in [3.05, 3.63) is 41.0 Å². The third kappa shape index (κ3) is 5.19. The summed E-state index contributed by atoms with van der Waals surface area (Å²) in [6, 6.07) is 6.07. The SMILES string of the molecule is CC(C)=CC(=O)NCc1ccc(C)cc1OC[C@@H]1CCOC1. The van der Waals surface area contributed by atoms with Crippen molar-refractivity contribution >= 4 is 5.91 Å². The van der Waals surface area contributed by atoms with Gasteiger partial charge in [-0.2, -0.15) is 0 Å². The molecule has 0 unspecified atom stereocenters. The molecule has 1 aliphatic heterocycles. The van der Waals surface area contributed by atoms with Crippen LogP contribution in [0.1, 0.15) is 31.4 Å². The highest BCUT2D eigenvalue weighted by atomic mass is 16.5. The molecule has 4 heteroatoms. The van der Waals surface area contributed by atoms with E-state index in [0.717, 1.165) is 42.1 Å². The van der Waals surface area contributed by atoms with Crippen LogP contribution in [0.3, 0.4) is 0 Å². The minimum absolute atomic E-state index is 0.0734. The van der Waals surface area contributed by atoms with Gasteiger partial charge in [0, 0.05) is 30.7 Å². The lowest BCUT2D eigenvalue weighted by molar-refractivity contribution is -0.116. The Morgan fingerprint density at radius 1 is 1.45 bits per heavy atom. The van der Waals surface area contributed by atoms with Crippen LogP contribution in [0.25, 0.3) is 0 Å². The van der Waals surface area contributed by atoms with Crippen LogP contribution in [-0.2, 0) is 16.1 Å². The average Bonchev–Trinajstić information content (AvgIpc) is 2.96. The molecular weight excluding hydrogens is 278 g/mol. The fourth-order valence-corrected chi connectivity index (χ4v) is 2.36. The second kappa shape index (κ2) is 7.99. The zero-order valence-corrected chi connectivity index (χ0v) is 13.6. The summed E-state index contributed by atoms with van der Waals surface area (Å²) < 4.78 is 11.3. The molecule has 0 aromatic heterocycles. The predicted octanol–water partition coefficient (Wildman–Crippen LogP) is 2.99. The summed E-state index contributed by atoms with van der Waals surface area (Å²) in [6.45, 7) is 8.59. The third-order valence-electron chi connectivity index (χ3n) is 3.59. The Morgan fingerprint density at radius 3 is 2.95 bits per heavy atom. The number of carbonyl (C=O) groups is 1. The van der Waals surface area contributed by atoms with Gasteiger partial charge in [0.1, 0.15) is 5.75 Å². The van der Waals surface area contributed by atoms with E-state index in [1.165, 1.54) is 0 Å². The van der Waals surface area contributed by atoms with Gasteiger partial charge >= 0.3 is 0 Å². The van der Waals surface area contributed by atoms with E-state index in [0.29, 0.717) is 19.1 Å². The minimum Gasteiger partial charge on any atom is -0.493 e. The van der Waals surface area contributed by atoms with Crippen molar-refractivity contribution < 1.29 is 14.3 Å². The van der Waals surface area contributed by atoms with Crippen molar-refractivity contribution in [2.24, 2.45) is 5.92 Å². The molecule has 2 rings (SSSR count). The average molecular weight is 303 g/mol. The highest BCUT2D eigenvalue weighted by molar-refractivity contribution is 5.88. The van der Waals surface area contributed by atoms with Crippen molar-refractivity contribution in [1.82, 2.24) is 5.32 Å². The molecule has 1 fully saturated rings. The lowest BCUT2D eigenvalue weighted by Crippen LogP contribution is -2.21. The quantitative estimate of drug-likeness (QED) is 0.822. The summed E-state index contributed by atoms with van der Waals surface area (Å²) >= 11 is 0. The molecule has 0 bridgehead atoms. The number of benzene rings is 1. The maximum Gasteiger partial charge on any atom is 0.244 e. The standard InChI is InChI=1S/C18H25NO3/c1-13(2)8-18(20)19-10-16-5-4-14(3)9-17(16)22-12-15-6-7-21-11-15/h4-5,8-9,15H,6-7,10-12H2,1-3H3,(H,19,20)/t15-/m1/s1. The summed E-state index contributed by atoms with van der Waals surface area (Å²) in [4.78, 5) is 11.7. The molecule has 1 amide bonds. The summed E-state index contributed by atoms with van der Waals surface area (Å²) in [6.07, 6.45) is 2.66. The zero-order chi connectivity index (χ0) is 15.9. The molecule has 1 aliphatic rings. The van der Waals surface area contributed by atoms with Gasteiger partial charge in [-0.05, 0) is 38.8 Å². The van der Waals surface area contributed by atoms with E-state index in [4.69, 9.17) is 9.47 Å². The van der Waals surface area contributed by atoms with E-state index >= 15 is 0 Å². The Balaban J connectivity index is 1.97. The third-order valence-corrected chi connectivity index (χ3v) is 3.59. The molecular formula is C18H25NO3. The Hall–Kier alpha value is -1.81. The molecule has 0 radical (unpaired) electrons. The molecule has 120 valence electrons. The maximum atomic E-state index is 11.7. The number of ether oxygens (including phenoxy) is 2. The van der Waals surface area contributed by atoms with Gasteiger partial charge in [-0.25, -0.2) is 0 Å². The summed E-state index contributed by atoms with van der Waals surface area (Å²) in [5, 5.41) is 2.90. The first-order chi connectivity index (χ1) is 10.5. The van der Waals surface area contributed by atoms with Crippen LogP contribution in [0, 0.1) is 12.8 Å². The largest absolute Gasteiger partial charge is 0.493 e. The van der Waals surface area contributed by atoms with Gasteiger partial charge in [0.25, 0.3) is 0 Å². The minimum atomic E-state index is -0.0734. The van der Waals surface area contributed by atoms with E-state index in [1.807, 2.05) is 39.0 Å². The number of allylic oxidation sites excluding steroid dienone is 1. The van der Waals surface area contributed by atoms with Gasteiger partial charge in [0.15, 0.2) is 0 Å². The number of aryl methyl sites for hydroxylation is 1. The maximum absolute atomic E-state index is 11.7. The molecule has 1 aromatic carbocycles. The number of rotatable bonds is 6. The summed E-state index contributed by atoms with van der Waals surface area (Å²) in [5.41, 5.74) is 3.14. The molecule has 4 nitrogen and oxygen atoms in total. The van der Waals surface area contributed by atoms with Crippen molar-refractivity contribution in [2.45, 2.75) is 33.7 Å². The summed E-state index contributed by atoms with van der Waals surface area (Å²) in [7, 11) is 0. The molecule has 0 spiro atoms. The van der Waals surface area contributed by atoms with E-state index in [1.54, 1.807) is 6.08 Å². The van der Waals surface area contributed by atoms with Crippen molar-refractivity contribution in [3.63, 3.8) is 0 Å². The molecule has 1 N–H and O–H groups in total. The van der Waals surface area contributed by atoms with Crippen LogP contribution in [0.15, 0.2) is 29.8 Å². The van der Waals surface area contributed by atoms with E-state index in [9.17, 15) is 4.79 Å². The van der Waals surface area contributed by atoms with Crippen LogP contribution in [0.4, 0.5) is 0 Å². The summed E-state index contributed by atoms with van der Waals surface area (Å²) in [5.74, 6) is 1.24. The zero-order valence-electron chi connectivity index (χ0n) is 13.6. The number of nitrogens with one attached hydrogen (secondary N) is 1. The van der Waals surface area contributed by atoms with Gasteiger partial charge in [0.2, 0.25) is 5.91 Å². The van der Waals surface area contributed by atoms with Crippen LogP contribution in [0.5, 0.6) is 5.75 Å². The van der Waals surface area contributed by atoms with E-state index in [2.05, 4.69) is 5.32 Å². The predicted molar refractivity (Wildman–Crippen MR) is 86.9 cm³/mol. The monoisotopic (exact) mass is 303 g/mol. The van der Waals surface area contributed by atoms with Crippen molar-refractivity contribution in [1.29, 1.82) is 0 Å². The number of hydrogen-bond donors (Lipinski definition) is 1. The van der Waals surface area contributed by atoms with Crippen molar-refractivity contribution in [3.8, 4) is 5.75 Å². The molecule has 22 heavy (non-hydrogen) atoms. The molecule has 0 aliphatic carbocycles. The van der Waals surface area contributed by atoms with Crippen LogP contribution < -0.4 is 10.1 Å². The second-order valence-electron chi connectivity index (χ2n) is 6.09. The number of hydrogen-bond acceptors (Lipinski definition) is 3. The molecule has 1 aromatic rings. The van der Waals surface area contributed by atoms with E-state index in [-0.39, 0.29) is 5.91 Å². The molecule has 1 saturated heterocycles. The molecule has 1 atom stereocenters. The van der Waals surface area contributed by atoms with Crippen LogP contribution in [0.2, 0.25) is 0 Å². The van der Waals surface area contributed by atoms with Crippen molar-refractivity contribution in [2.75, 3.05) is 19.8 Å². The van der Waals surface area contributed by atoms with Gasteiger partial charge in [-0.1, -0.05) is 17.7 Å². The van der Waals surface area contributed by atoms with Crippen LogP contribution >= 0.6 is 0 Å². The number of carbonyl (C=O) groups excluding carboxylic acids is 1. The molecule has 1 heterocycles. The Bertz CT molecular complexity index is 541. The van der Waals surface area contributed by atoms with Gasteiger partial charge in [-0.15, -0.1) is 0 Å². The van der Waals surface area contributed by atoms with Gasteiger partial charge < -0.3 is 14.8 Å². The van der Waals surface area contributed by atoms with Gasteiger partial charge in [-0.3, -0.25) is 4.79 Å². The Kier molecular flexibility index (Phi) is 6.01.